The van der Waals surface area contributed by atoms with Crippen molar-refractivity contribution in [3.63, 3.8) is 0 Å². The molecule has 0 rings (SSSR count). The SMILES string of the molecule is C/C=C\CC(N=NC)=NN. The van der Waals surface area contributed by atoms with Crippen molar-refractivity contribution < 1.29 is 0 Å². The number of allylic oxidation sites excluding steroid dienone is 1. The van der Waals surface area contributed by atoms with Gasteiger partial charge in [0.2, 0.25) is 0 Å². The topological polar surface area (TPSA) is 63.1 Å². The molecule has 0 aromatic carbocycles. The first-order valence-corrected chi connectivity index (χ1v) is 3.03. The second-order valence-corrected chi connectivity index (χ2v) is 1.62. The molecule has 0 aliphatic heterocycles. The molecular weight excluding hydrogens is 128 g/mol. The number of hydrogen-bond donors (Lipinski definition) is 1. The van der Waals surface area contributed by atoms with Crippen LogP contribution in [0.1, 0.15) is 13.3 Å². The van der Waals surface area contributed by atoms with Crippen LogP contribution in [0.3, 0.4) is 0 Å². The first-order chi connectivity index (χ1) is 4.85. The highest BCUT2D eigenvalue weighted by Gasteiger charge is 1.89. The van der Waals surface area contributed by atoms with Gasteiger partial charge in [0.1, 0.15) is 0 Å². The molecule has 0 aliphatic carbocycles. The summed E-state index contributed by atoms with van der Waals surface area (Å²) in [6.45, 7) is 1.93. The lowest BCUT2D eigenvalue weighted by molar-refractivity contribution is 1.12. The summed E-state index contributed by atoms with van der Waals surface area (Å²) in [6.07, 6.45) is 4.47. The quantitative estimate of drug-likeness (QED) is 0.154. The summed E-state index contributed by atoms with van der Waals surface area (Å²) in [7, 11) is 1.58. The van der Waals surface area contributed by atoms with Gasteiger partial charge in [-0.2, -0.15) is 10.2 Å². The third-order valence-electron chi connectivity index (χ3n) is 0.901. The maximum Gasteiger partial charge on any atom is 0.173 e. The highest BCUT2D eigenvalue weighted by atomic mass is 15.2. The molecule has 0 aromatic heterocycles. The van der Waals surface area contributed by atoms with Crippen LogP contribution in [0.15, 0.2) is 27.5 Å². The average molecular weight is 140 g/mol. The predicted molar refractivity (Wildman–Crippen MR) is 41.8 cm³/mol. The fourth-order valence-electron chi connectivity index (χ4n) is 0.458. The van der Waals surface area contributed by atoms with Crippen LogP contribution in [0.4, 0.5) is 0 Å². The molecule has 0 saturated carbocycles. The lowest BCUT2D eigenvalue weighted by Crippen LogP contribution is -1.95. The molecule has 0 bridgehead atoms. The molecule has 4 nitrogen and oxygen atoms in total. The highest BCUT2D eigenvalue weighted by molar-refractivity contribution is 5.83. The van der Waals surface area contributed by atoms with E-state index in [1.165, 1.54) is 0 Å². The number of azo groups is 1. The second kappa shape index (κ2) is 5.94. The minimum atomic E-state index is 0.542. The number of nitrogens with zero attached hydrogens (tertiary/aromatic N) is 3. The molecular formula is C6H12N4. The Balaban J connectivity index is 3.85. The molecule has 0 spiro atoms. The average Bonchev–Trinajstić information content (AvgIpc) is 1.98. The molecule has 0 aliphatic rings. The Kier molecular flexibility index (Phi) is 5.23. The molecule has 4 heteroatoms. The smallest absolute Gasteiger partial charge is 0.173 e. The van der Waals surface area contributed by atoms with E-state index in [2.05, 4.69) is 15.3 Å². The first-order valence-electron chi connectivity index (χ1n) is 3.03. The Labute approximate surface area is 60.5 Å². The van der Waals surface area contributed by atoms with Gasteiger partial charge in [-0.05, 0) is 6.92 Å². The highest BCUT2D eigenvalue weighted by Crippen LogP contribution is 1.89. The largest absolute Gasteiger partial charge is 0.321 e. The van der Waals surface area contributed by atoms with Gasteiger partial charge in [-0.1, -0.05) is 12.2 Å². The molecule has 2 N–H and O–H groups in total. The van der Waals surface area contributed by atoms with Gasteiger partial charge in [-0.3, -0.25) is 0 Å². The van der Waals surface area contributed by atoms with Crippen molar-refractivity contribution in [2.24, 2.45) is 21.2 Å². The lowest BCUT2D eigenvalue weighted by Gasteiger charge is -1.88. The summed E-state index contributed by atoms with van der Waals surface area (Å²) >= 11 is 0. The maximum atomic E-state index is 5.00. The molecule has 0 saturated heterocycles. The molecule has 0 atom stereocenters. The standard InChI is InChI=1S/C6H12N4/c1-3-4-5-6(9-7)10-8-2/h3-4H,5,7H2,1-2H3/b4-3-,9-6?,10-8?. The molecule has 0 fully saturated rings. The van der Waals surface area contributed by atoms with E-state index in [-0.39, 0.29) is 0 Å². The minimum Gasteiger partial charge on any atom is -0.321 e. The summed E-state index contributed by atoms with van der Waals surface area (Å²) in [5.74, 6) is 5.54. The van der Waals surface area contributed by atoms with Crippen LogP contribution in [-0.2, 0) is 0 Å². The van der Waals surface area contributed by atoms with Gasteiger partial charge in [0.05, 0.1) is 0 Å². The van der Waals surface area contributed by atoms with Crippen LogP contribution in [0.25, 0.3) is 0 Å². The molecule has 0 heterocycles. The third-order valence-corrected chi connectivity index (χ3v) is 0.901. The summed E-state index contributed by atoms with van der Waals surface area (Å²) in [6, 6.07) is 0. The van der Waals surface area contributed by atoms with Crippen LogP contribution in [0.2, 0.25) is 0 Å². The van der Waals surface area contributed by atoms with Gasteiger partial charge in [0.15, 0.2) is 5.84 Å². The maximum absolute atomic E-state index is 5.00. The van der Waals surface area contributed by atoms with Crippen molar-refractivity contribution in [3.05, 3.63) is 12.2 Å². The van der Waals surface area contributed by atoms with E-state index >= 15 is 0 Å². The molecule has 0 unspecified atom stereocenters. The van der Waals surface area contributed by atoms with Gasteiger partial charge in [-0.25, -0.2) is 0 Å². The molecule has 0 amide bonds. The Morgan fingerprint density at radius 3 is 2.70 bits per heavy atom. The van der Waals surface area contributed by atoms with E-state index in [1.54, 1.807) is 7.05 Å². The number of rotatable bonds is 2. The monoisotopic (exact) mass is 140 g/mol. The Bertz CT molecular complexity index is 157. The zero-order valence-corrected chi connectivity index (χ0v) is 6.28. The summed E-state index contributed by atoms with van der Waals surface area (Å²) in [4.78, 5) is 0. The van der Waals surface area contributed by atoms with Crippen molar-refractivity contribution in [1.82, 2.24) is 0 Å². The zero-order chi connectivity index (χ0) is 7.82. The van der Waals surface area contributed by atoms with Crippen LogP contribution < -0.4 is 5.84 Å². The Morgan fingerprint density at radius 1 is 1.60 bits per heavy atom. The van der Waals surface area contributed by atoms with Crippen molar-refractivity contribution in [3.8, 4) is 0 Å². The van der Waals surface area contributed by atoms with Crippen LogP contribution in [0, 0.1) is 0 Å². The van der Waals surface area contributed by atoms with Crippen LogP contribution in [-0.4, -0.2) is 12.9 Å². The number of nitrogens with two attached hydrogens (primary N) is 1. The summed E-state index contributed by atoms with van der Waals surface area (Å²) in [5, 5.41) is 10.6. The van der Waals surface area contributed by atoms with E-state index in [9.17, 15) is 0 Å². The van der Waals surface area contributed by atoms with E-state index in [0.717, 1.165) is 0 Å². The minimum absolute atomic E-state index is 0.542. The number of hydrazone groups is 1. The zero-order valence-electron chi connectivity index (χ0n) is 6.28. The second-order valence-electron chi connectivity index (χ2n) is 1.62. The first kappa shape index (κ1) is 8.81. The van der Waals surface area contributed by atoms with E-state index < -0.39 is 0 Å². The van der Waals surface area contributed by atoms with Gasteiger partial charge in [-0.15, -0.1) is 5.11 Å². The lowest BCUT2D eigenvalue weighted by atomic mass is 10.4. The van der Waals surface area contributed by atoms with E-state index in [1.807, 2.05) is 19.1 Å². The van der Waals surface area contributed by atoms with Gasteiger partial charge in [0.25, 0.3) is 0 Å². The van der Waals surface area contributed by atoms with Gasteiger partial charge in [0, 0.05) is 13.5 Å². The number of amidine groups is 1. The van der Waals surface area contributed by atoms with Crippen molar-refractivity contribution >= 4 is 5.84 Å². The number of hydrogen-bond acceptors (Lipinski definition) is 3. The predicted octanol–water partition coefficient (Wildman–Crippen LogP) is 1.31. The van der Waals surface area contributed by atoms with Crippen molar-refractivity contribution in [1.29, 1.82) is 0 Å². The van der Waals surface area contributed by atoms with Crippen LogP contribution in [0.5, 0.6) is 0 Å². The van der Waals surface area contributed by atoms with E-state index in [0.29, 0.717) is 12.3 Å². The fraction of sp³-hybridized carbons (Fsp3) is 0.500. The molecule has 0 radical (unpaired) electrons. The Hall–Kier alpha value is -1.19. The molecule has 0 aromatic rings. The van der Waals surface area contributed by atoms with Crippen molar-refractivity contribution in [2.75, 3.05) is 7.05 Å². The molecule has 10 heavy (non-hydrogen) atoms. The van der Waals surface area contributed by atoms with Crippen LogP contribution >= 0.6 is 0 Å². The van der Waals surface area contributed by atoms with E-state index in [4.69, 9.17) is 5.84 Å². The summed E-state index contributed by atoms with van der Waals surface area (Å²) in [5.41, 5.74) is 0. The Morgan fingerprint density at radius 2 is 2.30 bits per heavy atom. The van der Waals surface area contributed by atoms with Gasteiger partial charge < -0.3 is 5.84 Å². The third kappa shape index (κ3) is 3.77. The fourth-order valence-corrected chi connectivity index (χ4v) is 0.458. The van der Waals surface area contributed by atoms with Crippen molar-refractivity contribution in [2.45, 2.75) is 13.3 Å². The molecule has 56 valence electrons. The summed E-state index contributed by atoms with van der Waals surface area (Å²) < 4.78 is 0. The normalized spacial score (nSPS) is 13.6. The van der Waals surface area contributed by atoms with Gasteiger partial charge >= 0.3 is 0 Å².